The van der Waals surface area contributed by atoms with Crippen molar-refractivity contribution in [3.8, 4) is 11.3 Å². The summed E-state index contributed by atoms with van der Waals surface area (Å²) in [6.45, 7) is 2.98. The number of benzene rings is 1. The van der Waals surface area contributed by atoms with Crippen LogP contribution in [0.5, 0.6) is 0 Å². The van der Waals surface area contributed by atoms with Gasteiger partial charge in [-0.05, 0) is 31.9 Å². The number of halogens is 1. The second kappa shape index (κ2) is 8.20. The normalized spacial score (nSPS) is 18.5. The van der Waals surface area contributed by atoms with Crippen LogP contribution in [0.1, 0.15) is 19.8 Å². The monoisotopic (exact) mass is 410 g/mol. The number of carbonyl (C=O) groups is 1. The first-order valence-corrected chi connectivity index (χ1v) is 9.54. The maximum absolute atomic E-state index is 12.2. The van der Waals surface area contributed by atoms with E-state index in [9.17, 15) is 4.79 Å². The van der Waals surface area contributed by atoms with E-state index in [0.717, 1.165) is 35.2 Å². The summed E-state index contributed by atoms with van der Waals surface area (Å²) < 4.78 is 12.1. The van der Waals surface area contributed by atoms with E-state index in [0.29, 0.717) is 11.7 Å². The highest BCUT2D eigenvalue weighted by Crippen LogP contribution is 2.27. The molecule has 0 spiro atoms. The van der Waals surface area contributed by atoms with E-state index < -0.39 is 6.10 Å². The lowest BCUT2D eigenvalue weighted by atomic mass is 10.2. The van der Waals surface area contributed by atoms with Crippen molar-refractivity contribution in [2.24, 2.45) is 0 Å². The Kier molecular flexibility index (Phi) is 5.99. The fraction of sp³-hybridized carbons (Fsp3) is 0.412. The summed E-state index contributed by atoms with van der Waals surface area (Å²) in [4.78, 5) is 16.7. The first kappa shape index (κ1) is 17.5. The topological polar surface area (TPSA) is 60.5 Å². The largest absolute Gasteiger partial charge is 0.376 e. The molecule has 0 radical (unpaired) electrons. The molecule has 1 aromatic heterocycles. The summed E-state index contributed by atoms with van der Waals surface area (Å²) >= 11 is 4.85. The Morgan fingerprint density at radius 3 is 3.21 bits per heavy atom. The van der Waals surface area contributed by atoms with Gasteiger partial charge in [-0.1, -0.05) is 28.1 Å². The smallest absolute Gasteiger partial charge is 0.254 e. The lowest BCUT2D eigenvalue weighted by molar-refractivity contribution is -0.128. The van der Waals surface area contributed by atoms with Gasteiger partial charge in [-0.2, -0.15) is 0 Å². The van der Waals surface area contributed by atoms with Crippen LogP contribution in [0, 0.1) is 0 Å². The van der Waals surface area contributed by atoms with Crippen molar-refractivity contribution < 1.29 is 14.3 Å². The maximum Gasteiger partial charge on any atom is 0.254 e. The van der Waals surface area contributed by atoms with E-state index in [1.165, 1.54) is 11.3 Å². The van der Waals surface area contributed by atoms with Crippen molar-refractivity contribution in [2.75, 3.05) is 18.5 Å². The van der Waals surface area contributed by atoms with E-state index in [4.69, 9.17) is 9.47 Å². The summed E-state index contributed by atoms with van der Waals surface area (Å²) in [5, 5.41) is 5.31. The molecule has 2 atom stereocenters. The van der Waals surface area contributed by atoms with Crippen LogP contribution in [0.3, 0.4) is 0 Å². The molecule has 128 valence electrons. The van der Waals surface area contributed by atoms with Crippen LogP contribution in [0.25, 0.3) is 11.3 Å². The number of nitrogens with zero attached hydrogens (tertiary/aromatic N) is 1. The minimum Gasteiger partial charge on any atom is -0.376 e. The van der Waals surface area contributed by atoms with E-state index >= 15 is 0 Å². The molecule has 1 aliphatic rings. The Labute approximate surface area is 153 Å². The lowest BCUT2D eigenvalue weighted by Crippen LogP contribution is -2.30. The molecule has 24 heavy (non-hydrogen) atoms. The van der Waals surface area contributed by atoms with Gasteiger partial charge in [0, 0.05) is 22.0 Å². The van der Waals surface area contributed by atoms with Gasteiger partial charge in [0.05, 0.1) is 18.4 Å². The third kappa shape index (κ3) is 4.63. The predicted molar refractivity (Wildman–Crippen MR) is 98.3 cm³/mol. The molecule has 1 saturated heterocycles. The highest BCUT2D eigenvalue weighted by Gasteiger charge is 2.20. The van der Waals surface area contributed by atoms with Crippen molar-refractivity contribution in [1.82, 2.24) is 4.98 Å². The standard InChI is InChI=1S/C17H19BrN2O3S/c1-11(23-9-14-6-3-7-22-14)16(21)20-17-19-15(10-24-17)12-4-2-5-13(18)8-12/h2,4-5,8,10-11,14H,3,6-7,9H2,1H3,(H,19,20,21). The van der Waals surface area contributed by atoms with E-state index in [-0.39, 0.29) is 12.0 Å². The van der Waals surface area contributed by atoms with Crippen LogP contribution in [0.4, 0.5) is 5.13 Å². The number of carbonyl (C=O) groups excluding carboxylic acids is 1. The number of hydrogen-bond acceptors (Lipinski definition) is 5. The lowest BCUT2D eigenvalue weighted by Gasteiger charge is -2.15. The second-order valence-corrected chi connectivity index (χ2v) is 7.42. The van der Waals surface area contributed by atoms with Gasteiger partial charge in [0.1, 0.15) is 6.10 Å². The van der Waals surface area contributed by atoms with Gasteiger partial charge in [-0.15, -0.1) is 11.3 Å². The number of thiazole rings is 1. The number of amides is 1. The molecular formula is C17H19BrN2O3S. The van der Waals surface area contributed by atoms with Crippen LogP contribution in [-0.2, 0) is 14.3 Å². The van der Waals surface area contributed by atoms with Gasteiger partial charge in [0.15, 0.2) is 5.13 Å². The third-order valence-electron chi connectivity index (χ3n) is 3.78. The van der Waals surface area contributed by atoms with Crippen molar-refractivity contribution in [3.05, 3.63) is 34.1 Å². The number of ether oxygens (including phenoxy) is 2. The van der Waals surface area contributed by atoms with Gasteiger partial charge in [0.25, 0.3) is 5.91 Å². The Bertz CT molecular complexity index is 701. The average Bonchev–Trinajstić information content (AvgIpc) is 3.24. The Morgan fingerprint density at radius 1 is 1.58 bits per heavy atom. The summed E-state index contributed by atoms with van der Waals surface area (Å²) in [5.41, 5.74) is 1.84. The van der Waals surface area contributed by atoms with Crippen molar-refractivity contribution in [1.29, 1.82) is 0 Å². The molecule has 2 heterocycles. The molecule has 1 aromatic carbocycles. The molecule has 5 nitrogen and oxygen atoms in total. The van der Waals surface area contributed by atoms with Crippen LogP contribution in [0.15, 0.2) is 34.1 Å². The zero-order chi connectivity index (χ0) is 16.9. The molecule has 0 aliphatic carbocycles. The molecule has 2 unspecified atom stereocenters. The van der Waals surface area contributed by atoms with Gasteiger partial charge in [-0.25, -0.2) is 4.98 Å². The van der Waals surface area contributed by atoms with Gasteiger partial charge < -0.3 is 9.47 Å². The zero-order valence-electron chi connectivity index (χ0n) is 13.3. The molecule has 3 rings (SSSR count). The van der Waals surface area contributed by atoms with Crippen LogP contribution < -0.4 is 5.32 Å². The molecule has 2 aromatic rings. The minimum atomic E-state index is -0.535. The summed E-state index contributed by atoms with van der Waals surface area (Å²) in [6.07, 6.45) is 1.64. The zero-order valence-corrected chi connectivity index (χ0v) is 15.7. The molecular weight excluding hydrogens is 392 g/mol. The first-order valence-electron chi connectivity index (χ1n) is 7.87. The number of rotatable bonds is 6. The molecule has 1 aliphatic heterocycles. The van der Waals surface area contributed by atoms with E-state index in [1.807, 2.05) is 29.6 Å². The summed E-state index contributed by atoms with van der Waals surface area (Å²) in [5.74, 6) is -0.192. The fourth-order valence-corrected chi connectivity index (χ4v) is 3.54. The van der Waals surface area contributed by atoms with Crippen LogP contribution >= 0.6 is 27.3 Å². The van der Waals surface area contributed by atoms with Gasteiger partial charge >= 0.3 is 0 Å². The molecule has 1 N–H and O–H groups in total. The number of aromatic nitrogens is 1. The third-order valence-corrected chi connectivity index (χ3v) is 5.03. The van der Waals surface area contributed by atoms with Crippen LogP contribution in [-0.4, -0.2) is 36.3 Å². The maximum atomic E-state index is 12.2. The molecule has 7 heteroatoms. The summed E-state index contributed by atoms with van der Waals surface area (Å²) in [7, 11) is 0. The van der Waals surface area contributed by atoms with Gasteiger partial charge in [-0.3, -0.25) is 10.1 Å². The predicted octanol–water partition coefficient (Wildman–Crippen LogP) is 4.10. The Morgan fingerprint density at radius 2 is 2.46 bits per heavy atom. The van der Waals surface area contributed by atoms with Crippen LogP contribution in [0.2, 0.25) is 0 Å². The van der Waals surface area contributed by atoms with Gasteiger partial charge in [0.2, 0.25) is 0 Å². The Balaban J connectivity index is 1.54. The molecule has 1 fully saturated rings. The highest BCUT2D eigenvalue weighted by atomic mass is 79.9. The minimum absolute atomic E-state index is 0.114. The summed E-state index contributed by atoms with van der Waals surface area (Å²) in [6, 6.07) is 7.90. The van der Waals surface area contributed by atoms with Crippen molar-refractivity contribution in [3.63, 3.8) is 0 Å². The number of anilines is 1. The SMILES string of the molecule is CC(OCC1CCCO1)C(=O)Nc1nc(-c2cccc(Br)c2)cs1. The number of hydrogen-bond donors (Lipinski definition) is 1. The molecule has 0 bridgehead atoms. The van der Waals surface area contributed by atoms with E-state index in [1.54, 1.807) is 6.92 Å². The van der Waals surface area contributed by atoms with Crippen molar-refractivity contribution in [2.45, 2.75) is 32.0 Å². The fourth-order valence-electron chi connectivity index (χ4n) is 2.42. The van der Waals surface area contributed by atoms with Crippen molar-refractivity contribution >= 4 is 38.3 Å². The quantitative estimate of drug-likeness (QED) is 0.778. The number of nitrogens with one attached hydrogen (secondary N) is 1. The first-order chi connectivity index (χ1) is 11.6. The second-order valence-electron chi connectivity index (χ2n) is 5.65. The Hall–Kier alpha value is -1.28. The molecule has 1 amide bonds. The van der Waals surface area contributed by atoms with E-state index in [2.05, 4.69) is 26.2 Å². The average molecular weight is 411 g/mol. The molecule has 0 saturated carbocycles. The highest BCUT2D eigenvalue weighted by molar-refractivity contribution is 9.10.